The van der Waals surface area contributed by atoms with Crippen molar-refractivity contribution >= 4 is 17.9 Å². The third kappa shape index (κ3) is 48.2. The number of esters is 2. The summed E-state index contributed by atoms with van der Waals surface area (Å²) in [6, 6.07) is 0. The van der Waals surface area contributed by atoms with Gasteiger partial charge < -0.3 is 61.9 Å². The number of unbranched alkanes of at least 4 members (excludes halogenated alkanes) is 9. The van der Waals surface area contributed by atoms with Crippen LogP contribution < -0.4 is 0 Å². The van der Waals surface area contributed by atoms with Gasteiger partial charge in [-0.25, -0.2) is 0 Å². The van der Waals surface area contributed by atoms with Crippen LogP contribution in [0.3, 0.4) is 0 Å². The van der Waals surface area contributed by atoms with Crippen molar-refractivity contribution in [2.24, 2.45) is 0 Å². The van der Waals surface area contributed by atoms with Crippen molar-refractivity contribution < 1.29 is 76.3 Å². The minimum atomic E-state index is -0.865. The first-order valence-corrected chi connectivity index (χ1v) is 20.9. The number of carboxylic acid groups (broad SMARTS) is 1. The second-order valence-corrected chi connectivity index (χ2v) is 12.7. The number of carbonyl (C=O) groups excluding carboxylic acids is 2. The first-order chi connectivity index (χ1) is 27.6. The molecular formula is C40H76O16. The molecule has 0 saturated heterocycles. The van der Waals surface area contributed by atoms with Crippen LogP contribution >= 0.6 is 0 Å². The summed E-state index contributed by atoms with van der Waals surface area (Å²) in [5, 5.41) is 8.56. The largest absolute Gasteiger partial charge is 0.481 e. The quantitative estimate of drug-likeness (QED) is 0.0653. The fraction of sp³-hybridized carbons (Fsp3) is 0.925. The molecule has 0 fully saturated rings. The number of hydrogen-bond acceptors (Lipinski definition) is 15. The summed E-state index contributed by atoms with van der Waals surface area (Å²) in [6.45, 7) is 11.6. The van der Waals surface area contributed by atoms with Gasteiger partial charge in [0.1, 0.15) is 13.2 Å². The highest BCUT2D eigenvalue weighted by Gasteiger charge is 2.05. The Kier molecular flexibility index (Phi) is 45.7. The third-order valence-corrected chi connectivity index (χ3v) is 7.84. The maximum Gasteiger partial charge on any atom is 0.305 e. The topological polar surface area (TPSA) is 182 Å². The van der Waals surface area contributed by atoms with E-state index in [9.17, 15) is 14.4 Å². The van der Waals surface area contributed by atoms with Crippen molar-refractivity contribution in [2.45, 2.75) is 96.8 Å². The van der Waals surface area contributed by atoms with Gasteiger partial charge in [0.25, 0.3) is 0 Å². The van der Waals surface area contributed by atoms with E-state index in [2.05, 4.69) is 6.92 Å². The van der Waals surface area contributed by atoms with Crippen LogP contribution in [0.2, 0.25) is 0 Å². The van der Waals surface area contributed by atoms with E-state index in [1.807, 2.05) is 0 Å². The van der Waals surface area contributed by atoms with Gasteiger partial charge in [-0.15, -0.1) is 0 Å². The number of rotatable bonds is 48. The lowest BCUT2D eigenvalue weighted by molar-refractivity contribution is -0.146. The van der Waals surface area contributed by atoms with E-state index in [1.54, 1.807) is 0 Å². The maximum atomic E-state index is 11.8. The fourth-order valence-electron chi connectivity index (χ4n) is 4.78. The number of carbonyl (C=O) groups is 3. The molecule has 0 heterocycles. The first kappa shape index (κ1) is 54.0. The summed E-state index contributed by atoms with van der Waals surface area (Å²) in [7, 11) is 0. The molecule has 0 saturated carbocycles. The lowest BCUT2D eigenvalue weighted by atomic mass is 10.1. The van der Waals surface area contributed by atoms with Crippen molar-refractivity contribution in [1.82, 2.24) is 0 Å². The smallest absolute Gasteiger partial charge is 0.305 e. The van der Waals surface area contributed by atoms with Gasteiger partial charge in [-0.2, -0.15) is 0 Å². The third-order valence-electron chi connectivity index (χ3n) is 7.84. The van der Waals surface area contributed by atoms with Crippen molar-refractivity contribution in [3.63, 3.8) is 0 Å². The van der Waals surface area contributed by atoms with Crippen molar-refractivity contribution in [1.29, 1.82) is 0 Å². The Balaban J connectivity index is 3.14. The van der Waals surface area contributed by atoms with Gasteiger partial charge in [-0.1, -0.05) is 58.3 Å². The highest BCUT2D eigenvalue weighted by atomic mass is 16.6. The van der Waals surface area contributed by atoms with Gasteiger partial charge in [0.2, 0.25) is 0 Å². The molecule has 332 valence electrons. The molecule has 56 heavy (non-hydrogen) atoms. The number of aliphatic carboxylic acids is 1. The summed E-state index contributed by atoms with van der Waals surface area (Å²) in [5.41, 5.74) is 0. The van der Waals surface area contributed by atoms with Gasteiger partial charge in [-0.05, 0) is 19.3 Å². The minimum Gasteiger partial charge on any atom is -0.481 e. The number of ether oxygens (including phenoxy) is 12. The molecule has 0 aromatic heterocycles. The number of hydrogen-bond donors (Lipinski definition) is 1. The molecule has 0 atom stereocenters. The molecular weight excluding hydrogens is 736 g/mol. The van der Waals surface area contributed by atoms with Crippen molar-refractivity contribution in [2.75, 3.05) is 145 Å². The standard InChI is InChI=1S/C40H76O16/c1-2-3-4-5-6-7-8-9-10-14-39(43)55-36-34-53-32-30-51-28-26-49-24-22-47-20-18-45-16-17-46-19-21-48-23-25-50-27-29-52-31-33-54-35-37-56-40(44)15-12-11-13-38(41)42/h2-37H2,1H3,(H,41,42). The molecule has 0 amide bonds. The van der Waals surface area contributed by atoms with Crippen LogP contribution in [0, 0.1) is 0 Å². The van der Waals surface area contributed by atoms with Crippen LogP contribution in [0.1, 0.15) is 96.8 Å². The SMILES string of the molecule is CCCCCCCCCCCC(=O)OCCOCCOCCOCCOCCOCCOCCOCCOCCOCCOCCOC(=O)CCCCC(=O)O. The fourth-order valence-corrected chi connectivity index (χ4v) is 4.78. The first-order valence-electron chi connectivity index (χ1n) is 20.9. The molecule has 0 aromatic rings. The molecule has 0 rings (SSSR count). The molecule has 0 bridgehead atoms. The highest BCUT2D eigenvalue weighted by Crippen LogP contribution is 2.10. The Bertz CT molecular complexity index is 834. The van der Waals surface area contributed by atoms with Crippen molar-refractivity contribution in [3.8, 4) is 0 Å². The Morgan fingerprint density at radius 1 is 0.304 bits per heavy atom. The summed E-state index contributed by atoms with van der Waals surface area (Å²) in [5.74, 6) is -1.36. The minimum absolute atomic E-state index is 0.0573. The maximum absolute atomic E-state index is 11.8. The van der Waals surface area contributed by atoms with E-state index in [4.69, 9.17) is 61.9 Å². The van der Waals surface area contributed by atoms with Crippen LogP contribution in [-0.2, 0) is 71.2 Å². The van der Waals surface area contributed by atoms with Gasteiger partial charge in [0.05, 0.1) is 132 Å². The summed E-state index contributed by atoms with van der Waals surface area (Å²) in [6.07, 6.45) is 12.8. The predicted molar refractivity (Wildman–Crippen MR) is 208 cm³/mol. The summed E-state index contributed by atoms with van der Waals surface area (Å²) >= 11 is 0. The van der Waals surface area contributed by atoms with Crippen LogP contribution in [0.15, 0.2) is 0 Å². The molecule has 0 aromatic carbocycles. The summed E-state index contributed by atoms with van der Waals surface area (Å²) < 4.78 is 64.8. The molecule has 0 unspecified atom stereocenters. The van der Waals surface area contributed by atoms with E-state index >= 15 is 0 Å². The number of carboxylic acids is 1. The van der Waals surface area contributed by atoms with Crippen LogP contribution in [-0.4, -0.2) is 168 Å². The molecule has 16 nitrogen and oxygen atoms in total. The van der Waals surface area contributed by atoms with Crippen molar-refractivity contribution in [3.05, 3.63) is 0 Å². The Labute approximate surface area is 336 Å². The normalized spacial score (nSPS) is 11.3. The van der Waals surface area contributed by atoms with Crippen LogP contribution in [0.25, 0.3) is 0 Å². The van der Waals surface area contributed by atoms with E-state index in [-0.39, 0.29) is 44.6 Å². The second-order valence-electron chi connectivity index (χ2n) is 12.7. The zero-order chi connectivity index (χ0) is 40.7. The molecule has 0 radical (unpaired) electrons. The lowest BCUT2D eigenvalue weighted by Gasteiger charge is -2.09. The van der Waals surface area contributed by atoms with Gasteiger partial charge in [0, 0.05) is 19.3 Å². The zero-order valence-corrected chi connectivity index (χ0v) is 34.5. The van der Waals surface area contributed by atoms with E-state index in [0.717, 1.165) is 12.8 Å². The Morgan fingerprint density at radius 3 is 0.786 bits per heavy atom. The predicted octanol–water partition coefficient (Wildman–Crippen LogP) is 4.80. The van der Waals surface area contributed by atoms with E-state index in [0.29, 0.717) is 145 Å². The Hall–Kier alpha value is -1.99. The highest BCUT2D eigenvalue weighted by molar-refractivity contribution is 5.70. The summed E-state index contributed by atoms with van der Waals surface area (Å²) in [4.78, 5) is 33.7. The van der Waals surface area contributed by atoms with Crippen LogP contribution in [0.5, 0.6) is 0 Å². The molecule has 16 heteroatoms. The van der Waals surface area contributed by atoms with Gasteiger partial charge in [-0.3, -0.25) is 14.4 Å². The lowest BCUT2D eigenvalue weighted by Crippen LogP contribution is -2.16. The molecule has 0 spiro atoms. The average Bonchev–Trinajstić information content (AvgIpc) is 3.19. The molecule has 0 aliphatic carbocycles. The Morgan fingerprint density at radius 2 is 0.518 bits per heavy atom. The van der Waals surface area contributed by atoms with Gasteiger partial charge >= 0.3 is 17.9 Å². The molecule has 0 aliphatic rings. The average molecular weight is 813 g/mol. The zero-order valence-electron chi connectivity index (χ0n) is 34.5. The van der Waals surface area contributed by atoms with Gasteiger partial charge in [0.15, 0.2) is 0 Å². The van der Waals surface area contributed by atoms with E-state index in [1.165, 1.54) is 44.9 Å². The van der Waals surface area contributed by atoms with E-state index < -0.39 is 5.97 Å². The van der Waals surface area contributed by atoms with Crippen LogP contribution in [0.4, 0.5) is 0 Å². The monoisotopic (exact) mass is 813 g/mol. The molecule has 0 aliphatic heterocycles. The molecule has 1 N–H and O–H groups in total. The second kappa shape index (κ2) is 47.4.